The van der Waals surface area contributed by atoms with E-state index in [0.29, 0.717) is 0 Å². The summed E-state index contributed by atoms with van der Waals surface area (Å²) < 4.78 is 0. The Hall–Kier alpha value is -0.825. The van der Waals surface area contributed by atoms with Gasteiger partial charge in [-0.05, 0) is 11.7 Å². The standard InChI is InChI=1S/C6H8BNO/c7-6-3-1-2-5(4-9)8-6/h1-3,9H,4,7H2. The van der Waals surface area contributed by atoms with Crippen molar-refractivity contribution >= 4 is 13.4 Å². The molecule has 0 radical (unpaired) electrons. The van der Waals surface area contributed by atoms with Crippen LogP contribution in [0.3, 0.4) is 0 Å². The Morgan fingerprint density at radius 3 is 2.78 bits per heavy atom. The Labute approximate surface area is 55.0 Å². The summed E-state index contributed by atoms with van der Waals surface area (Å²) in [4.78, 5) is 4.04. The molecule has 2 nitrogen and oxygen atoms in total. The zero-order chi connectivity index (χ0) is 6.69. The first-order valence-corrected chi connectivity index (χ1v) is 2.86. The molecule has 0 aliphatic heterocycles. The second-order valence-corrected chi connectivity index (χ2v) is 1.93. The lowest BCUT2D eigenvalue weighted by Gasteiger charge is -1.94. The van der Waals surface area contributed by atoms with Gasteiger partial charge >= 0.3 is 0 Å². The molecule has 1 aromatic rings. The van der Waals surface area contributed by atoms with E-state index in [1.165, 1.54) is 0 Å². The maximum absolute atomic E-state index is 8.60. The molecule has 1 heterocycles. The van der Waals surface area contributed by atoms with Crippen LogP contribution in [0, 0.1) is 0 Å². The largest absolute Gasteiger partial charge is 0.390 e. The average molecular weight is 121 g/mol. The van der Waals surface area contributed by atoms with Crippen LogP contribution in [0.25, 0.3) is 0 Å². The number of aliphatic hydroxyl groups excluding tert-OH is 1. The number of aliphatic hydroxyl groups is 1. The molecular formula is C6H8BNO. The van der Waals surface area contributed by atoms with E-state index in [0.717, 1.165) is 11.3 Å². The zero-order valence-electron chi connectivity index (χ0n) is 5.33. The molecule has 46 valence electrons. The fourth-order valence-corrected chi connectivity index (χ4v) is 0.688. The summed E-state index contributed by atoms with van der Waals surface area (Å²) in [6.45, 7) is 0.0294. The molecule has 0 atom stereocenters. The highest BCUT2D eigenvalue weighted by molar-refractivity contribution is 6.30. The van der Waals surface area contributed by atoms with E-state index in [1.54, 1.807) is 6.07 Å². The van der Waals surface area contributed by atoms with E-state index >= 15 is 0 Å². The highest BCUT2D eigenvalue weighted by Crippen LogP contribution is 1.88. The quantitative estimate of drug-likeness (QED) is 0.475. The molecular weight excluding hydrogens is 113 g/mol. The predicted octanol–water partition coefficient (Wildman–Crippen LogP) is -1.17. The van der Waals surface area contributed by atoms with Gasteiger partial charge in [-0.1, -0.05) is 12.1 Å². The van der Waals surface area contributed by atoms with Crippen molar-refractivity contribution in [2.45, 2.75) is 6.61 Å². The van der Waals surface area contributed by atoms with Crippen LogP contribution in [0.4, 0.5) is 0 Å². The minimum absolute atomic E-state index is 0.0294. The molecule has 0 saturated carbocycles. The monoisotopic (exact) mass is 121 g/mol. The molecule has 0 spiro atoms. The van der Waals surface area contributed by atoms with E-state index in [-0.39, 0.29) is 6.61 Å². The van der Waals surface area contributed by atoms with Crippen molar-refractivity contribution in [2.75, 3.05) is 0 Å². The summed E-state index contributed by atoms with van der Waals surface area (Å²) in [5, 5.41) is 8.60. The SMILES string of the molecule is Bc1cccc(CO)n1. The zero-order valence-corrected chi connectivity index (χ0v) is 5.33. The fraction of sp³-hybridized carbons (Fsp3) is 0.167. The van der Waals surface area contributed by atoms with Crippen molar-refractivity contribution in [3.8, 4) is 0 Å². The van der Waals surface area contributed by atoms with E-state index in [4.69, 9.17) is 5.11 Å². The summed E-state index contributed by atoms with van der Waals surface area (Å²) in [5.41, 5.74) is 1.68. The van der Waals surface area contributed by atoms with Crippen molar-refractivity contribution in [3.05, 3.63) is 23.9 Å². The average Bonchev–Trinajstić information content (AvgIpc) is 1.88. The molecule has 0 unspecified atom stereocenters. The van der Waals surface area contributed by atoms with Gasteiger partial charge < -0.3 is 5.11 Å². The van der Waals surface area contributed by atoms with Gasteiger partial charge in [0, 0.05) is 0 Å². The smallest absolute Gasteiger partial charge is 0.163 e. The third-order valence-electron chi connectivity index (χ3n) is 1.11. The molecule has 0 bridgehead atoms. The fourth-order valence-electron chi connectivity index (χ4n) is 0.688. The lowest BCUT2D eigenvalue weighted by Crippen LogP contribution is -2.09. The van der Waals surface area contributed by atoms with Crippen molar-refractivity contribution in [2.24, 2.45) is 0 Å². The summed E-state index contributed by atoms with van der Waals surface area (Å²) in [5.74, 6) is 0. The summed E-state index contributed by atoms with van der Waals surface area (Å²) >= 11 is 0. The molecule has 0 amide bonds. The van der Waals surface area contributed by atoms with Crippen LogP contribution in [0.15, 0.2) is 18.2 Å². The first kappa shape index (κ1) is 6.30. The maximum Gasteiger partial charge on any atom is 0.163 e. The van der Waals surface area contributed by atoms with Gasteiger partial charge in [-0.25, -0.2) is 0 Å². The Morgan fingerprint density at radius 1 is 1.56 bits per heavy atom. The van der Waals surface area contributed by atoms with Crippen LogP contribution >= 0.6 is 0 Å². The first-order valence-electron chi connectivity index (χ1n) is 2.86. The van der Waals surface area contributed by atoms with Gasteiger partial charge in [0.05, 0.1) is 12.3 Å². The summed E-state index contributed by atoms with van der Waals surface area (Å²) in [6.07, 6.45) is 0. The van der Waals surface area contributed by atoms with Crippen LogP contribution in [0.1, 0.15) is 5.69 Å². The minimum Gasteiger partial charge on any atom is -0.390 e. The summed E-state index contributed by atoms with van der Waals surface area (Å²) in [7, 11) is 1.90. The second kappa shape index (κ2) is 2.64. The number of aromatic nitrogens is 1. The Kier molecular flexibility index (Phi) is 1.85. The van der Waals surface area contributed by atoms with E-state index in [1.807, 2.05) is 20.0 Å². The molecule has 1 N–H and O–H groups in total. The Balaban J connectivity index is 2.94. The molecule has 9 heavy (non-hydrogen) atoms. The van der Waals surface area contributed by atoms with Crippen molar-refractivity contribution < 1.29 is 5.11 Å². The van der Waals surface area contributed by atoms with Gasteiger partial charge in [-0.3, -0.25) is 4.98 Å². The van der Waals surface area contributed by atoms with Crippen LogP contribution in [0.2, 0.25) is 0 Å². The number of rotatable bonds is 1. The molecule has 1 rings (SSSR count). The van der Waals surface area contributed by atoms with Gasteiger partial charge in [0.2, 0.25) is 0 Å². The first-order chi connectivity index (χ1) is 4.33. The number of nitrogens with zero attached hydrogens (tertiary/aromatic N) is 1. The van der Waals surface area contributed by atoms with Gasteiger partial charge in [0.15, 0.2) is 7.85 Å². The normalized spacial score (nSPS) is 9.44. The second-order valence-electron chi connectivity index (χ2n) is 1.93. The number of hydrogen-bond donors (Lipinski definition) is 1. The molecule has 0 aromatic carbocycles. The van der Waals surface area contributed by atoms with Crippen molar-refractivity contribution in [1.82, 2.24) is 4.98 Å². The van der Waals surface area contributed by atoms with Gasteiger partial charge in [0.1, 0.15) is 0 Å². The molecule has 0 aliphatic carbocycles. The van der Waals surface area contributed by atoms with E-state index < -0.39 is 0 Å². The topological polar surface area (TPSA) is 33.1 Å². The number of pyridine rings is 1. The lowest BCUT2D eigenvalue weighted by atomic mass is 10.0. The third-order valence-corrected chi connectivity index (χ3v) is 1.11. The van der Waals surface area contributed by atoms with Crippen LogP contribution < -0.4 is 5.59 Å². The predicted molar refractivity (Wildman–Crippen MR) is 38.3 cm³/mol. The highest BCUT2D eigenvalue weighted by Gasteiger charge is 1.88. The van der Waals surface area contributed by atoms with Gasteiger partial charge in [-0.15, -0.1) is 0 Å². The van der Waals surface area contributed by atoms with Crippen molar-refractivity contribution in [3.63, 3.8) is 0 Å². The van der Waals surface area contributed by atoms with Gasteiger partial charge in [-0.2, -0.15) is 0 Å². The van der Waals surface area contributed by atoms with E-state index in [2.05, 4.69) is 4.98 Å². The minimum atomic E-state index is 0.0294. The summed E-state index contributed by atoms with van der Waals surface area (Å²) in [6, 6.07) is 5.58. The highest BCUT2D eigenvalue weighted by atomic mass is 16.3. The van der Waals surface area contributed by atoms with Gasteiger partial charge in [0.25, 0.3) is 0 Å². The molecule has 3 heteroatoms. The van der Waals surface area contributed by atoms with Crippen LogP contribution in [0.5, 0.6) is 0 Å². The maximum atomic E-state index is 8.60. The third kappa shape index (κ3) is 1.54. The van der Waals surface area contributed by atoms with Crippen LogP contribution in [-0.2, 0) is 6.61 Å². The Morgan fingerprint density at radius 2 is 2.33 bits per heavy atom. The van der Waals surface area contributed by atoms with Crippen molar-refractivity contribution in [1.29, 1.82) is 0 Å². The van der Waals surface area contributed by atoms with Crippen LogP contribution in [-0.4, -0.2) is 17.9 Å². The molecule has 0 aliphatic rings. The number of hydrogen-bond acceptors (Lipinski definition) is 2. The Bertz CT molecular complexity index is 202. The van der Waals surface area contributed by atoms with E-state index in [9.17, 15) is 0 Å². The molecule has 0 fully saturated rings. The molecule has 1 aromatic heterocycles. The molecule has 0 saturated heterocycles. The lowest BCUT2D eigenvalue weighted by molar-refractivity contribution is 0.277.